The Morgan fingerprint density at radius 3 is 2.50 bits per heavy atom. The minimum atomic E-state index is -4.73. The highest BCUT2D eigenvalue weighted by Gasteiger charge is 2.31. The summed E-state index contributed by atoms with van der Waals surface area (Å²) < 4.78 is 58.9. The standard InChI is InChI=1S/C15H13F4N3O2/c16-12-7-20-14(22-13(12)21-10-3-4-10)23-8-9-1-5-11(6-2-9)24-15(17,18)19/h1-2,5-7,10H,3-4,8H2,(H,20,21,22). The molecule has 9 heteroatoms. The van der Waals surface area contributed by atoms with Crippen LogP contribution in [-0.2, 0) is 6.61 Å². The van der Waals surface area contributed by atoms with Crippen molar-refractivity contribution in [1.29, 1.82) is 0 Å². The van der Waals surface area contributed by atoms with Crippen molar-refractivity contribution >= 4 is 5.82 Å². The van der Waals surface area contributed by atoms with Crippen molar-refractivity contribution in [2.45, 2.75) is 31.9 Å². The number of hydrogen-bond donors (Lipinski definition) is 1. The average Bonchev–Trinajstić information content (AvgIpc) is 3.32. The van der Waals surface area contributed by atoms with Crippen molar-refractivity contribution in [3.8, 4) is 11.8 Å². The van der Waals surface area contributed by atoms with Crippen LogP contribution < -0.4 is 14.8 Å². The summed E-state index contributed by atoms with van der Waals surface area (Å²) in [6.07, 6.45) is -1.80. The van der Waals surface area contributed by atoms with Gasteiger partial charge in [0.05, 0.1) is 6.20 Å². The maximum absolute atomic E-state index is 13.6. The fourth-order valence-corrected chi connectivity index (χ4v) is 1.88. The van der Waals surface area contributed by atoms with E-state index in [0.29, 0.717) is 5.56 Å². The molecule has 2 aromatic rings. The average molecular weight is 343 g/mol. The Balaban J connectivity index is 1.59. The number of anilines is 1. The Hall–Kier alpha value is -2.58. The summed E-state index contributed by atoms with van der Waals surface area (Å²) in [7, 11) is 0. The predicted molar refractivity (Wildman–Crippen MR) is 76.1 cm³/mol. The summed E-state index contributed by atoms with van der Waals surface area (Å²) in [5.41, 5.74) is 0.592. The van der Waals surface area contributed by atoms with Gasteiger partial charge in [0.2, 0.25) is 0 Å². The van der Waals surface area contributed by atoms with E-state index in [1.807, 2.05) is 0 Å². The Morgan fingerprint density at radius 2 is 1.88 bits per heavy atom. The van der Waals surface area contributed by atoms with Crippen LogP contribution in [0.25, 0.3) is 0 Å². The van der Waals surface area contributed by atoms with Gasteiger partial charge in [0.25, 0.3) is 0 Å². The molecule has 0 radical (unpaired) electrons. The second-order valence-corrected chi connectivity index (χ2v) is 5.25. The Kier molecular flexibility index (Phi) is 4.41. The van der Waals surface area contributed by atoms with E-state index in [4.69, 9.17) is 4.74 Å². The molecule has 0 spiro atoms. The molecule has 1 aromatic carbocycles. The molecular formula is C15H13F4N3O2. The zero-order valence-corrected chi connectivity index (χ0v) is 12.3. The fraction of sp³-hybridized carbons (Fsp3) is 0.333. The van der Waals surface area contributed by atoms with Crippen LogP contribution in [0.2, 0.25) is 0 Å². The molecule has 1 aliphatic carbocycles. The van der Waals surface area contributed by atoms with Crippen molar-refractivity contribution in [2.75, 3.05) is 5.32 Å². The van der Waals surface area contributed by atoms with E-state index in [1.165, 1.54) is 24.3 Å². The molecule has 0 unspecified atom stereocenters. The molecule has 0 amide bonds. The molecule has 1 fully saturated rings. The lowest BCUT2D eigenvalue weighted by Gasteiger charge is -2.10. The molecule has 1 heterocycles. The first kappa shape index (κ1) is 16.3. The third-order valence-electron chi connectivity index (χ3n) is 3.17. The second-order valence-electron chi connectivity index (χ2n) is 5.25. The number of aromatic nitrogens is 2. The van der Waals surface area contributed by atoms with Crippen LogP contribution in [0, 0.1) is 5.82 Å². The molecule has 3 rings (SSSR count). The lowest BCUT2D eigenvalue weighted by Crippen LogP contribution is -2.17. The molecule has 1 saturated carbocycles. The number of benzene rings is 1. The van der Waals surface area contributed by atoms with E-state index in [-0.39, 0.29) is 30.2 Å². The maximum atomic E-state index is 13.6. The summed E-state index contributed by atoms with van der Waals surface area (Å²) in [5, 5.41) is 2.92. The van der Waals surface area contributed by atoms with E-state index in [9.17, 15) is 17.6 Å². The van der Waals surface area contributed by atoms with Crippen LogP contribution in [0.15, 0.2) is 30.5 Å². The zero-order chi connectivity index (χ0) is 17.2. The van der Waals surface area contributed by atoms with E-state index >= 15 is 0 Å². The monoisotopic (exact) mass is 343 g/mol. The van der Waals surface area contributed by atoms with Gasteiger partial charge in [-0.25, -0.2) is 9.37 Å². The van der Waals surface area contributed by atoms with Crippen LogP contribution in [0.5, 0.6) is 11.8 Å². The lowest BCUT2D eigenvalue weighted by atomic mass is 10.2. The topological polar surface area (TPSA) is 56.3 Å². The van der Waals surface area contributed by atoms with Gasteiger partial charge in [-0.1, -0.05) is 12.1 Å². The highest BCUT2D eigenvalue weighted by atomic mass is 19.4. The van der Waals surface area contributed by atoms with Gasteiger partial charge < -0.3 is 14.8 Å². The van der Waals surface area contributed by atoms with E-state index in [1.54, 1.807) is 0 Å². The largest absolute Gasteiger partial charge is 0.573 e. The number of hydrogen-bond acceptors (Lipinski definition) is 5. The summed E-state index contributed by atoms with van der Waals surface area (Å²) >= 11 is 0. The van der Waals surface area contributed by atoms with Crippen LogP contribution in [0.1, 0.15) is 18.4 Å². The van der Waals surface area contributed by atoms with Crippen molar-refractivity contribution in [3.63, 3.8) is 0 Å². The number of alkyl halides is 3. The van der Waals surface area contributed by atoms with Gasteiger partial charge in [-0.15, -0.1) is 13.2 Å². The van der Waals surface area contributed by atoms with Gasteiger partial charge in [-0.05, 0) is 30.5 Å². The summed E-state index contributed by atoms with van der Waals surface area (Å²) in [5.74, 6) is -0.806. The molecule has 128 valence electrons. The molecule has 1 aromatic heterocycles. The van der Waals surface area contributed by atoms with E-state index in [0.717, 1.165) is 19.0 Å². The van der Waals surface area contributed by atoms with Crippen LogP contribution >= 0.6 is 0 Å². The van der Waals surface area contributed by atoms with Gasteiger partial charge in [-0.2, -0.15) is 4.98 Å². The maximum Gasteiger partial charge on any atom is 0.573 e. The fourth-order valence-electron chi connectivity index (χ4n) is 1.88. The van der Waals surface area contributed by atoms with Crippen LogP contribution in [-0.4, -0.2) is 22.4 Å². The predicted octanol–water partition coefficient (Wildman–Crippen LogP) is 3.67. The summed E-state index contributed by atoms with van der Waals surface area (Å²) in [6.45, 7) is 0.0286. The minimum absolute atomic E-state index is 0.0184. The Bertz CT molecular complexity index is 703. The molecule has 24 heavy (non-hydrogen) atoms. The van der Waals surface area contributed by atoms with Gasteiger partial charge in [0.1, 0.15) is 12.4 Å². The number of rotatable bonds is 6. The molecule has 0 saturated heterocycles. The molecule has 0 aliphatic heterocycles. The first-order valence-corrected chi connectivity index (χ1v) is 7.15. The lowest BCUT2D eigenvalue weighted by molar-refractivity contribution is -0.274. The first-order chi connectivity index (χ1) is 11.4. The molecular weight excluding hydrogens is 330 g/mol. The van der Waals surface area contributed by atoms with Crippen molar-refractivity contribution in [2.24, 2.45) is 0 Å². The third-order valence-corrected chi connectivity index (χ3v) is 3.17. The summed E-state index contributed by atoms with van der Waals surface area (Å²) in [4.78, 5) is 7.67. The second kappa shape index (κ2) is 6.50. The SMILES string of the molecule is Fc1cnc(OCc2ccc(OC(F)(F)F)cc2)nc1NC1CC1. The van der Waals surface area contributed by atoms with Gasteiger partial charge in [0, 0.05) is 6.04 Å². The Morgan fingerprint density at radius 1 is 1.17 bits per heavy atom. The van der Waals surface area contributed by atoms with Crippen molar-refractivity contribution in [1.82, 2.24) is 9.97 Å². The van der Waals surface area contributed by atoms with E-state index in [2.05, 4.69) is 20.0 Å². The minimum Gasteiger partial charge on any atom is -0.459 e. The highest BCUT2D eigenvalue weighted by Crippen LogP contribution is 2.26. The van der Waals surface area contributed by atoms with Crippen molar-refractivity contribution < 1.29 is 27.0 Å². The molecule has 1 N–H and O–H groups in total. The smallest absolute Gasteiger partial charge is 0.459 e. The van der Waals surface area contributed by atoms with Gasteiger partial charge in [0.15, 0.2) is 11.6 Å². The normalized spacial score (nSPS) is 14.3. The molecule has 0 atom stereocenters. The zero-order valence-electron chi connectivity index (χ0n) is 12.3. The number of ether oxygens (including phenoxy) is 2. The quantitative estimate of drug-likeness (QED) is 0.811. The molecule has 1 aliphatic rings. The number of halogens is 4. The van der Waals surface area contributed by atoms with E-state index < -0.39 is 12.2 Å². The third kappa shape index (κ3) is 4.71. The highest BCUT2D eigenvalue weighted by molar-refractivity contribution is 5.38. The van der Waals surface area contributed by atoms with Crippen molar-refractivity contribution in [3.05, 3.63) is 41.8 Å². The van der Waals surface area contributed by atoms with Gasteiger partial charge in [-0.3, -0.25) is 0 Å². The van der Waals surface area contributed by atoms with Crippen LogP contribution in [0.3, 0.4) is 0 Å². The molecule has 0 bridgehead atoms. The van der Waals surface area contributed by atoms with Crippen LogP contribution in [0.4, 0.5) is 23.4 Å². The summed E-state index contributed by atoms with van der Waals surface area (Å²) in [6, 6.07) is 5.41. The first-order valence-electron chi connectivity index (χ1n) is 7.15. The van der Waals surface area contributed by atoms with Gasteiger partial charge >= 0.3 is 12.4 Å². The Labute approximate surface area is 134 Å². The molecule has 5 nitrogen and oxygen atoms in total. The number of nitrogens with one attached hydrogen (secondary N) is 1. The number of nitrogens with zero attached hydrogens (tertiary/aromatic N) is 2.